The number of nitrogens with two attached hydrogens (primary N) is 1. The van der Waals surface area contributed by atoms with E-state index in [1.54, 1.807) is 24.5 Å². The number of aromatic nitrogens is 2. The Hall–Kier alpha value is -2.38. The predicted molar refractivity (Wildman–Crippen MR) is 77.2 cm³/mol. The van der Waals surface area contributed by atoms with Crippen LogP contribution in [0.5, 0.6) is 0 Å². The third-order valence-corrected chi connectivity index (χ3v) is 3.80. The SMILES string of the molecule is NS(=O)(=O)c1cccc(Nc2c[nH]c3ncccc23)c1. The van der Waals surface area contributed by atoms with E-state index in [-0.39, 0.29) is 4.90 Å². The molecule has 0 spiro atoms. The zero-order chi connectivity index (χ0) is 14.2. The van der Waals surface area contributed by atoms with Crippen LogP contribution in [0.15, 0.2) is 53.7 Å². The lowest BCUT2D eigenvalue weighted by atomic mass is 10.2. The Kier molecular flexibility index (Phi) is 2.92. The lowest BCUT2D eigenvalue weighted by Gasteiger charge is -2.06. The maximum absolute atomic E-state index is 11.3. The molecule has 7 heteroatoms. The molecular formula is C13H12N4O2S. The first kappa shape index (κ1) is 12.6. The summed E-state index contributed by atoms with van der Waals surface area (Å²) in [5.74, 6) is 0. The molecule has 3 aromatic rings. The molecule has 6 nitrogen and oxygen atoms in total. The summed E-state index contributed by atoms with van der Waals surface area (Å²) in [7, 11) is -3.71. The number of fused-ring (bicyclic) bond motifs is 1. The Morgan fingerprint density at radius 1 is 1.20 bits per heavy atom. The average Bonchev–Trinajstić information content (AvgIpc) is 2.82. The van der Waals surface area contributed by atoms with Gasteiger partial charge in [-0.15, -0.1) is 0 Å². The minimum Gasteiger partial charge on any atom is -0.354 e. The number of H-pyrrole nitrogens is 1. The van der Waals surface area contributed by atoms with E-state index in [1.165, 1.54) is 12.1 Å². The van der Waals surface area contributed by atoms with Gasteiger partial charge in [0.25, 0.3) is 0 Å². The highest BCUT2D eigenvalue weighted by atomic mass is 32.2. The maximum atomic E-state index is 11.3. The molecule has 0 fully saturated rings. The third kappa shape index (κ3) is 2.36. The van der Waals surface area contributed by atoms with Crippen LogP contribution in [0.1, 0.15) is 0 Å². The number of rotatable bonds is 3. The molecule has 2 heterocycles. The number of pyridine rings is 1. The second-order valence-corrected chi connectivity index (χ2v) is 5.86. The first-order chi connectivity index (χ1) is 9.54. The smallest absolute Gasteiger partial charge is 0.238 e. The number of nitrogens with zero attached hydrogens (tertiary/aromatic N) is 1. The largest absolute Gasteiger partial charge is 0.354 e. The molecule has 4 N–H and O–H groups in total. The molecule has 0 bridgehead atoms. The highest BCUT2D eigenvalue weighted by Gasteiger charge is 2.09. The zero-order valence-electron chi connectivity index (χ0n) is 10.4. The van der Waals surface area contributed by atoms with Crippen molar-refractivity contribution in [1.82, 2.24) is 9.97 Å². The van der Waals surface area contributed by atoms with Crippen molar-refractivity contribution in [2.24, 2.45) is 5.14 Å². The van der Waals surface area contributed by atoms with E-state index in [0.29, 0.717) is 5.69 Å². The molecule has 0 aliphatic heterocycles. The van der Waals surface area contributed by atoms with E-state index in [9.17, 15) is 8.42 Å². The fraction of sp³-hybridized carbons (Fsp3) is 0. The Morgan fingerprint density at radius 3 is 2.85 bits per heavy atom. The lowest BCUT2D eigenvalue weighted by molar-refractivity contribution is 0.598. The highest BCUT2D eigenvalue weighted by Crippen LogP contribution is 2.25. The van der Waals surface area contributed by atoms with Gasteiger partial charge >= 0.3 is 0 Å². The molecule has 3 rings (SSSR count). The minimum atomic E-state index is -3.71. The standard InChI is InChI=1S/C13H12N4O2S/c14-20(18,19)10-4-1-3-9(7-10)17-12-8-16-13-11(12)5-2-6-15-13/h1-8,17H,(H,15,16)(H2,14,18,19). The van der Waals surface area contributed by atoms with Gasteiger partial charge in [0, 0.05) is 23.5 Å². The van der Waals surface area contributed by atoms with Crippen molar-refractivity contribution in [2.75, 3.05) is 5.32 Å². The zero-order valence-corrected chi connectivity index (χ0v) is 11.2. The van der Waals surface area contributed by atoms with E-state index in [4.69, 9.17) is 5.14 Å². The molecule has 20 heavy (non-hydrogen) atoms. The number of anilines is 2. The second kappa shape index (κ2) is 4.62. The van der Waals surface area contributed by atoms with Crippen molar-refractivity contribution in [2.45, 2.75) is 4.90 Å². The van der Waals surface area contributed by atoms with Crippen molar-refractivity contribution in [3.8, 4) is 0 Å². The molecule has 2 aromatic heterocycles. The molecule has 0 unspecified atom stereocenters. The van der Waals surface area contributed by atoms with Gasteiger partial charge in [-0.1, -0.05) is 6.07 Å². The first-order valence-electron chi connectivity index (χ1n) is 5.86. The van der Waals surface area contributed by atoms with E-state index in [0.717, 1.165) is 16.7 Å². The van der Waals surface area contributed by atoms with Gasteiger partial charge in [0.05, 0.1) is 10.6 Å². The van der Waals surface area contributed by atoms with Crippen molar-refractivity contribution in [3.05, 3.63) is 48.8 Å². The van der Waals surface area contributed by atoms with Crippen LogP contribution in [0.2, 0.25) is 0 Å². The lowest BCUT2D eigenvalue weighted by Crippen LogP contribution is -2.12. The summed E-state index contributed by atoms with van der Waals surface area (Å²) in [5.41, 5.74) is 2.22. The molecule has 102 valence electrons. The number of sulfonamides is 1. The van der Waals surface area contributed by atoms with Gasteiger partial charge < -0.3 is 10.3 Å². The number of hydrogen-bond acceptors (Lipinski definition) is 4. The number of aromatic amines is 1. The summed E-state index contributed by atoms with van der Waals surface area (Å²) < 4.78 is 22.7. The third-order valence-electron chi connectivity index (χ3n) is 2.89. The van der Waals surface area contributed by atoms with Crippen LogP contribution in [-0.2, 0) is 10.0 Å². The maximum Gasteiger partial charge on any atom is 0.238 e. The van der Waals surface area contributed by atoms with Gasteiger partial charge in [-0.3, -0.25) is 0 Å². The number of nitrogens with one attached hydrogen (secondary N) is 2. The Morgan fingerprint density at radius 2 is 2.05 bits per heavy atom. The van der Waals surface area contributed by atoms with Crippen molar-refractivity contribution in [3.63, 3.8) is 0 Å². The van der Waals surface area contributed by atoms with E-state index < -0.39 is 10.0 Å². The normalized spacial score (nSPS) is 11.7. The molecule has 0 radical (unpaired) electrons. The number of primary sulfonamides is 1. The van der Waals surface area contributed by atoms with Gasteiger partial charge in [-0.2, -0.15) is 0 Å². The van der Waals surface area contributed by atoms with Crippen LogP contribution in [0.25, 0.3) is 11.0 Å². The van der Waals surface area contributed by atoms with E-state index >= 15 is 0 Å². The van der Waals surface area contributed by atoms with E-state index in [2.05, 4.69) is 15.3 Å². The average molecular weight is 288 g/mol. The first-order valence-corrected chi connectivity index (χ1v) is 7.41. The van der Waals surface area contributed by atoms with E-state index in [1.807, 2.05) is 12.1 Å². The summed E-state index contributed by atoms with van der Waals surface area (Å²) >= 11 is 0. The summed E-state index contributed by atoms with van der Waals surface area (Å²) in [6.07, 6.45) is 3.48. The summed E-state index contributed by atoms with van der Waals surface area (Å²) in [5, 5.41) is 9.19. The fourth-order valence-electron chi connectivity index (χ4n) is 1.97. The van der Waals surface area contributed by atoms with Crippen molar-refractivity contribution in [1.29, 1.82) is 0 Å². The summed E-state index contributed by atoms with van der Waals surface area (Å²) in [6, 6.07) is 10.1. The number of hydrogen-bond donors (Lipinski definition) is 3. The summed E-state index contributed by atoms with van der Waals surface area (Å²) in [4.78, 5) is 7.30. The molecule has 0 amide bonds. The van der Waals surface area contributed by atoms with Gasteiger partial charge in [-0.05, 0) is 30.3 Å². The fourth-order valence-corrected chi connectivity index (χ4v) is 2.53. The quantitative estimate of drug-likeness (QED) is 0.685. The second-order valence-electron chi connectivity index (χ2n) is 4.30. The highest BCUT2D eigenvalue weighted by molar-refractivity contribution is 7.89. The van der Waals surface area contributed by atoms with Crippen LogP contribution >= 0.6 is 0 Å². The Balaban J connectivity index is 1.99. The van der Waals surface area contributed by atoms with Crippen LogP contribution in [0, 0.1) is 0 Å². The minimum absolute atomic E-state index is 0.0699. The molecular weight excluding hydrogens is 276 g/mol. The number of benzene rings is 1. The topological polar surface area (TPSA) is 101 Å². The molecule has 0 saturated carbocycles. The summed E-state index contributed by atoms with van der Waals surface area (Å²) in [6.45, 7) is 0. The van der Waals surface area contributed by atoms with Gasteiger partial charge in [0.15, 0.2) is 0 Å². The molecule has 0 atom stereocenters. The van der Waals surface area contributed by atoms with Crippen LogP contribution in [-0.4, -0.2) is 18.4 Å². The van der Waals surface area contributed by atoms with Gasteiger partial charge in [0.1, 0.15) is 5.65 Å². The van der Waals surface area contributed by atoms with Crippen molar-refractivity contribution < 1.29 is 8.42 Å². The monoisotopic (exact) mass is 288 g/mol. The molecule has 1 aromatic carbocycles. The van der Waals surface area contributed by atoms with Crippen LogP contribution in [0.3, 0.4) is 0 Å². The van der Waals surface area contributed by atoms with Gasteiger partial charge in [0.2, 0.25) is 10.0 Å². The molecule has 0 aliphatic rings. The van der Waals surface area contributed by atoms with Crippen LogP contribution in [0.4, 0.5) is 11.4 Å². The van der Waals surface area contributed by atoms with Gasteiger partial charge in [-0.25, -0.2) is 18.5 Å². The predicted octanol–water partition coefficient (Wildman–Crippen LogP) is 1.95. The Bertz CT molecular complexity index is 871. The molecule has 0 aliphatic carbocycles. The Labute approximate surface area is 115 Å². The van der Waals surface area contributed by atoms with Crippen LogP contribution < -0.4 is 10.5 Å². The molecule has 0 saturated heterocycles. The van der Waals surface area contributed by atoms with Crippen molar-refractivity contribution >= 4 is 32.4 Å².